The van der Waals surface area contributed by atoms with Gasteiger partial charge in [0.2, 0.25) is 0 Å². The van der Waals surface area contributed by atoms with Crippen molar-refractivity contribution in [2.75, 3.05) is 0 Å². The Hall–Kier alpha value is -5.22. The van der Waals surface area contributed by atoms with Crippen molar-refractivity contribution in [3.8, 4) is 23.0 Å². The van der Waals surface area contributed by atoms with Crippen LogP contribution in [0.15, 0.2) is 112 Å². The Morgan fingerprint density at radius 2 is 1.69 bits per heavy atom. The van der Waals surface area contributed by atoms with E-state index in [0.29, 0.717) is 16.8 Å². The molecule has 0 saturated heterocycles. The summed E-state index contributed by atoms with van der Waals surface area (Å²) in [5.74, 6) is -0.523. The van der Waals surface area contributed by atoms with Crippen molar-refractivity contribution < 1.29 is 9.21 Å². The average Bonchev–Trinajstić information content (AvgIpc) is 3.34. The number of nitrogens with one attached hydrogen (secondary N) is 1. The van der Waals surface area contributed by atoms with Gasteiger partial charge in [-0.2, -0.15) is 10.4 Å². The van der Waals surface area contributed by atoms with Crippen LogP contribution in [0.25, 0.3) is 34.0 Å². The SMILES string of the molecule is N#C/C(=C/c1cn(-c2ccccc2)nc1-c1cc2ccccc2oc1=O)C(=O)NCc1ccccc1. The third-order valence-corrected chi connectivity index (χ3v) is 5.62. The first-order chi connectivity index (χ1) is 17.6. The zero-order valence-corrected chi connectivity index (χ0v) is 19.1. The van der Waals surface area contributed by atoms with Gasteiger partial charge in [0, 0.05) is 23.7 Å². The molecular weight excluding hydrogens is 452 g/mol. The Morgan fingerprint density at radius 1 is 1.00 bits per heavy atom. The number of hydrogen-bond acceptors (Lipinski definition) is 5. The van der Waals surface area contributed by atoms with E-state index in [1.54, 1.807) is 29.1 Å². The second-order valence-electron chi connectivity index (χ2n) is 8.04. The number of rotatable bonds is 6. The minimum Gasteiger partial charge on any atom is -0.422 e. The van der Waals surface area contributed by atoms with Crippen molar-refractivity contribution in [1.29, 1.82) is 5.26 Å². The lowest BCUT2D eigenvalue weighted by Crippen LogP contribution is -2.23. The predicted octanol–water partition coefficient (Wildman–Crippen LogP) is 4.87. The van der Waals surface area contributed by atoms with Crippen molar-refractivity contribution in [2.45, 2.75) is 6.54 Å². The van der Waals surface area contributed by atoms with Crippen LogP contribution in [0.2, 0.25) is 0 Å². The van der Waals surface area contributed by atoms with Crippen LogP contribution in [0, 0.1) is 11.3 Å². The molecule has 0 aliphatic heterocycles. The van der Waals surface area contributed by atoms with Crippen LogP contribution in [-0.4, -0.2) is 15.7 Å². The molecule has 0 unspecified atom stereocenters. The van der Waals surface area contributed by atoms with Crippen molar-refractivity contribution in [2.24, 2.45) is 0 Å². The largest absolute Gasteiger partial charge is 0.422 e. The maximum Gasteiger partial charge on any atom is 0.345 e. The summed E-state index contributed by atoms with van der Waals surface area (Å²) in [4.78, 5) is 25.7. The number of nitrogens with zero attached hydrogens (tertiary/aromatic N) is 3. The van der Waals surface area contributed by atoms with E-state index < -0.39 is 11.5 Å². The molecule has 5 rings (SSSR count). The zero-order valence-electron chi connectivity index (χ0n) is 19.1. The van der Waals surface area contributed by atoms with Crippen molar-refractivity contribution in [3.05, 3.63) is 124 Å². The maximum absolute atomic E-state index is 12.9. The van der Waals surface area contributed by atoms with Gasteiger partial charge in [-0.3, -0.25) is 4.79 Å². The number of nitriles is 1. The van der Waals surface area contributed by atoms with E-state index in [1.807, 2.05) is 78.9 Å². The Kier molecular flexibility index (Phi) is 6.24. The first kappa shape index (κ1) is 22.6. The Bertz CT molecular complexity index is 1680. The number of amides is 1. The van der Waals surface area contributed by atoms with E-state index in [0.717, 1.165) is 16.6 Å². The van der Waals surface area contributed by atoms with Crippen LogP contribution in [-0.2, 0) is 11.3 Å². The molecule has 0 radical (unpaired) electrons. The highest BCUT2D eigenvalue weighted by atomic mass is 16.4. The third-order valence-electron chi connectivity index (χ3n) is 5.62. The van der Waals surface area contributed by atoms with Crippen LogP contribution in [0.1, 0.15) is 11.1 Å². The molecule has 0 saturated carbocycles. The fourth-order valence-corrected chi connectivity index (χ4v) is 3.82. The molecule has 2 heterocycles. The molecular formula is C29H20N4O3. The molecule has 0 fully saturated rings. The average molecular weight is 473 g/mol. The first-order valence-corrected chi connectivity index (χ1v) is 11.2. The van der Waals surface area contributed by atoms with Crippen molar-refractivity contribution in [1.82, 2.24) is 15.1 Å². The molecule has 7 heteroatoms. The van der Waals surface area contributed by atoms with Gasteiger partial charge in [0.1, 0.15) is 22.9 Å². The highest BCUT2D eigenvalue weighted by molar-refractivity contribution is 6.02. The number of para-hydroxylation sites is 2. The number of fused-ring (bicyclic) bond motifs is 1. The lowest BCUT2D eigenvalue weighted by atomic mass is 10.1. The topological polar surface area (TPSA) is 101 Å². The molecule has 1 N–H and O–H groups in total. The molecule has 0 aliphatic carbocycles. The van der Waals surface area contributed by atoms with Gasteiger partial charge in [0.15, 0.2) is 0 Å². The van der Waals surface area contributed by atoms with Gasteiger partial charge in [-0.1, -0.05) is 66.7 Å². The monoisotopic (exact) mass is 472 g/mol. The fraction of sp³-hybridized carbons (Fsp3) is 0.0345. The highest BCUT2D eigenvalue weighted by Crippen LogP contribution is 2.26. The minimum atomic E-state index is -0.561. The Labute approximate surface area is 206 Å². The molecule has 0 spiro atoms. The zero-order chi connectivity index (χ0) is 24.9. The minimum absolute atomic E-state index is 0.107. The molecule has 174 valence electrons. The lowest BCUT2D eigenvalue weighted by molar-refractivity contribution is -0.117. The van der Waals surface area contributed by atoms with Crippen LogP contribution < -0.4 is 10.9 Å². The highest BCUT2D eigenvalue weighted by Gasteiger charge is 2.18. The van der Waals surface area contributed by atoms with Crippen molar-refractivity contribution >= 4 is 23.0 Å². The number of carbonyl (C=O) groups is 1. The summed E-state index contributed by atoms with van der Waals surface area (Å²) in [5.41, 5.74) is 2.44. The molecule has 1 amide bonds. The van der Waals surface area contributed by atoms with Gasteiger partial charge >= 0.3 is 5.63 Å². The molecule has 0 bridgehead atoms. The molecule has 3 aromatic carbocycles. The summed E-state index contributed by atoms with van der Waals surface area (Å²) < 4.78 is 7.12. The van der Waals surface area contributed by atoms with E-state index in [2.05, 4.69) is 10.4 Å². The number of aromatic nitrogens is 2. The normalized spacial score (nSPS) is 11.2. The van der Waals surface area contributed by atoms with Crippen LogP contribution in [0.3, 0.4) is 0 Å². The first-order valence-electron chi connectivity index (χ1n) is 11.2. The van der Waals surface area contributed by atoms with E-state index in [1.165, 1.54) is 6.08 Å². The summed E-state index contributed by atoms with van der Waals surface area (Å²) in [6, 6.07) is 29.6. The molecule has 0 atom stereocenters. The lowest BCUT2D eigenvalue weighted by Gasteiger charge is -2.04. The van der Waals surface area contributed by atoms with Gasteiger partial charge in [-0.25, -0.2) is 9.48 Å². The molecule has 2 aromatic heterocycles. The van der Waals surface area contributed by atoms with Gasteiger partial charge in [0.25, 0.3) is 5.91 Å². The molecule has 36 heavy (non-hydrogen) atoms. The predicted molar refractivity (Wildman–Crippen MR) is 137 cm³/mol. The van der Waals surface area contributed by atoms with Gasteiger partial charge in [-0.05, 0) is 35.9 Å². The third kappa shape index (κ3) is 4.69. The molecule has 0 aliphatic rings. The fourth-order valence-electron chi connectivity index (χ4n) is 3.82. The van der Waals surface area contributed by atoms with Crippen molar-refractivity contribution in [3.63, 3.8) is 0 Å². The number of carbonyl (C=O) groups excluding carboxylic acids is 1. The van der Waals surface area contributed by atoms with E-state index in [4.69, 9.17) is 4.42 Å². The summed E-state index contributed by atoms with van der Waals surface area (Å²) in [7, 11) is 0. The Balaban J connectivity index is 1.58. The summed E-state index contributed by atoms with van der Waals surface area (Å²) in [6.07, 6.45) is 3.12. The van der Waals surface area contributed by atoms with Gasteiger partial charge in [-0.15, -0.1) is 0 Å². The van der Waals surface area contributed by atoms with Gasteiger partial charge < -0.3 is 9.73 Å². The second-order valence-corrected chi connectivity index (χ2v) is 8.04. The number of hydrogen-bond donors (Lipinski definition) is 1. The quantitative estimate of drug-likeness (QED) is 0.216. The summed E-state index contributed by atoms with van der Waals surface area (Å²) in [5, 5.41) is 17.9. The molecule has 5 aromatic rings. The van der Waals surface area contributed by atoms with E-state index in [-0.39, 0.29) is 17.7 Å². The van der Waals surface area contributed by atoms with Crippen LogP contribution in [0.5, 0.6) is 0 Å². The van der Waals surface area contributed by atoms with Crippen LogP contribution in [0.4, 0.5) is 0 Å². The summed E-state index contributed by atoms with van der Waals surface area (Å²) in [6.45, 7) is 0.281. The smallest absolute Gasteiger partial charge is 0.345 e. The Morgan fingerprint density at radius 3 is 2.44 bits per heavy atom. The van der Waals surface area contributed by atoms with Gasteiger partial charge in [0.05, 0.1) is 11.3 Å². The maximum atomic E-state index is 12.9. The van der Waals surface area contributed by atoms with Crippen LogP contribution >= 0.6 is 0 Å². The number of benzene rings is 3. The summed E-state index contributed by atoms with van der Waals surface area (Å²) >= 11 is 0. The molecule has 7 nitrogen and oxygen atoms in total. The van der Waals surface area contributed by atoms with E-state index >= 15 is 0 Å². The standard InChI is InChI=1S/C29H20N4O3/c30-17-22(28(34)31-18-20-9-3-1-4-10-20)15-23-19-33(24-12-5-2-6-13-24)32-27(23)25-16-21-11-7-8-14-26(21)36-29(25)35/h1-16,19H,18H2,(H,31,34)/b22-15-. The second kappa shape index (κ2) is 9.95. The van der Waals surface area contributed by atoms with E-state index in [9.17, 15) is 14.9 Å².